The van der Waals surface area contributed by atoms with E-state index >= 15 is 0 Å². The summed E-state index contributed by atoms with van der Waals surface area (Å²) in [5, 5.41) is 3.86. The van der Waals surface area contributed by atoms with Crippen LogP contribution in [0.3, 0.4) is 0 Å². The van der Waals surface area contributed by atoms with Crippen LogP contribution in [-0.4, -0.2) is 14.3 Å². The fourth-order valence-electron chi connectivity index (χ4n) is 0.778. The molecule has 0 aliphatic carbocycles. The monoisotopic (exact) mass is 160 g/mol. The Morgan fingerprint density at radius 2 is 2.10 bits per heavy atom. The molecule has 0 saturated heterocycles. The summed E-state index contributed by atoms with van der Waals surface area (Å²) in [5.41, 5.74) is 0.604. The number of hydrogen-bond donors (Lipinski definition) is 1. The van der Waals surface area contributed by atoms with E-state index in [4.69, 9.17) is 0 Å². The van der Waals surface area contributed by atoms with Crippen LogP contribution < -0.4 is 5.32 Å². The van der Waals surface area contributed by atoms with Crippen LogP contribution in [0.1, 0.15) is 13.8 Å². The van der Waals surface area contributed by atoms with Crippen molar-refractivity contribution in [2.45, 2.75) is 13.8 Å². The Kier molecular flexibility index (Phi) is 1.52. The summed E-state index contributed by atoms with van der Waals surface area (Å²) >= 11 is 0. The van der Waals surface area contributed by atoms with Crippen LogP contribution in [0.2, 0.25) is 0 Å². The molecule has 56 valence electrons. The normalized spacial score (nSPS) is 22.6. The second-order valence-corrected chi connectivity index (χ2v) is 3.57. The molecule has 0 amide bonds. The van der Waals surface area contributed by atoms with E-state index in [1.165, 1.54) is 0 Å². The number of sulfonamides is 1. The van der Waals surface area contributed by atoms with Gasteiger partial charge in [0.2, 0.25) is 0 Å². The maximum absolute atomic E-state index is 10.8. The first-order valence-electron chi connectivity index (χ1n) is 2.76. The summed E-state index contributed by atoms with van der Waals surface area (Å²) < 4.78 is 24.9. The van der Waals surface area contributed by atoms with Gasteiger partial charge in [-0.3, -0.25) is 0 Å². The molecule has 1 N–H and O–H groups in total. The van der Waals surface area contributed by atoms with Gasteiger partial charge >= 0.3 is 0 Å². The van der Waals surface area contributed by atoms with Gasteiger partial charge in [-0.05, 0) is 13.8 Å². The summed E-state index contributed by atoms with van der Waals surface area (Å²) in [6.45, 7) is 3.28. The Morgan fingerprint density at radius 1 is 1.50 bits per heavy atom. The van der Waals surface area contributed by atoms with Crippen molar-refractivity contribution in [3.8, 4) is 0 Å². The first kappa shape index (κ1) is 7.27. The highest BCUT2D eigenvalue weighted by Crippen LogP contribution is 2.04. The lowest BCUT2D eigenvalue weighted by Gasteiger charge is -2.08. The molecule has 1 heterocycles. The van der Waals surface area contributed by atoms with Crippen molar-refractivity contribution in [2.75, 3.05) is 0 Å². The van der Waals surface area contributed by atoms with E-state index < -0.39 is 10.0 Å². The highest BCUT2D eigenvalue weighted by Gasteiger charge is 2.10. The molecule has 0 aromatic heterocycles. The van der Waals surface area contributed by atoms with Gasteiger partial charge in [0, 0.05) is 5.70 Å². The summed E-state index contributed by atoms with van der Waals surface area (Å²) in [6.07, 6.45) is 0. The zero-order valence-corrected chi connectivity index (χ0v) is 6.57. The molecule has 0 radical (unpaired) electrons. The van der Waals surface area contributed by atoms with Crippen molar-refractivity contribution < 1.29 is 8.42 Å². The van der Waals surface area contributed by atoms with Gasteiger partial charge in [-0.15, -0.1) is 4.40 Å². The number of allylic oxidation sites excluding steroid dienone is 1. The van der Waals surface area contributed by atoms with Crippen LogP contribution >= 0.6 is 0 Å². The van der Waals surface area contributed by atoms with Gasteiger partial charge in [0.15, 0.2) is 0 Å². The molecule has 0 aromatic carbocycles. The highest BCUT2D eigenvalue weighted by atomic mass is 32.2. The van der Waals surface area contributed by atoms with E-state index in [0.29, 0.717) is 11.5 Å². The predicted octanol–water partition coefficient (Wildman–Crippen LogP) is 0.199. The number of hydrogen-bond acceptors (Lipinski definition) is 3. The number of nitrogens with zero attached hydrogens (tertiary/aromatic N) is 1. The molecule has 1 aliphatic heterocycles. The van der Waals surface area contributed by atoms with Crippen LogP contribution in [-0.2, 0) is 10.0 Å². The summed E-state index contributed by atoms with van der Waals surface area (Å²) in [4.78, 5) is 0. The van der Waals surface area contributed by atoms with Gasteiger partial charge in [0.1, 0.15) is 5.84 Å². The Hall–Kier alpha value is -0.840. The average Bonchev–Trinajstić information content (AvgIpc) is 1.54. The Labute approximate surface area is 59.7 Å². The van der Waals surface area contributed by atoms with Gasteiger partial charge in [-0.25, -0.2) is 0 Å². The van der Waals surface area contributed by atoms with Crippen molar-refractivity contribution in [2.24, 2.45) is 4.40 Å². The summed E-state index contributed by atoms with van der Waals surface area (Å²) in [5.74, 6) is 0.417. The minimum absolute atomic E-state index is 0.417. The predicted molar refractivity (Wildman–Crippen MR) is 38.9 cm³/mol. The lowest BCUT2D eigenvalue weighted by molar-refractivity contribution is 0.605. The minimum atomic E-state index is -3.32. The third-order valence-corrected chi connectivity index (χ3v) is 2.15. The smallest absolute Gasteiger partial charge is 0.278 e. The fraction of sp³-hybridized carbons (Fsp3) is 0.400. The van der Waals surface area contributed by atoms with Crippen molar-refractivity contribution in [1.29, 1.82) is 0 Å². The zero-order valence-electron chi connectivity index (χ0n) is 5.75. The Morgan fingerprint density at radius 3 is 2.50 bits per heavy atom. The van der Waals surface area contributed by atoms with Gasteiger partial charge < -0.3 is 5.32 Å². The Balaban J connectivity index is 3.12. The second kappa shape index (κ2) is 2.09. The molecule has 0 bridgehead atoms. The van der Waals surface area contributed by atoms with Gasteiger partial charge in [-0.1, -0.05) is 0 Å². The quantitative estimate of drug-likeness (QED) is 0.550. The summed E-state index contributed by atoms with van der Waals surface area (Å²) in [6, 6.07) is 0. The van der Waals surface area contributed by atoms with E-state index in [-0.39, 0.29) is 0 Å². The molecule has 1 rings (SSSR count). The average molecular weight is 160 g/mol. The number of nitrogens with one attached hydrogen (secondary N) is 1. The van der Waals surface area contributed by atoms with E-state index in [9.17, 15) is 8.42 Å². The molecule has 0 atom stereocenters. The van der Waals surface area contributed by atoms with Gasteiger partial charge in [0.05, 0.1) is 5.41 Å². The molecular weight excluding hydrogens is 152 g/mol. The maximum atomic E-state index is 10.8. The van der Waals surface area contributed by atoms with Gasteiger partial charge in [-0.2, -0.15) is 8.42 Å². The standard InChI is InChI=1S/C5H8N2O2S/c1-4-3-10(8,9)7-5(2)6-4/h3H,1-2H3,(H,6,7). The maximum Gasteiger partial charge on any atom is 0.278 e. The first-order chi connectivity index (χ1) is 4.49. The third kappa shape index (κ3) is 1.57. The van der Waals surface area contributed by atoms with Crippen LogP contribution in [0.15, 0.2) is 15.5 Å². The lowest BCUT2D eigenvalue weighted by atomic mass is 10.5. The van der Waals surface area contributed by atoms with Crippen LogP contribution in [0.5, 0.6) is 0 Å². The van der Waals surface area contributed by atoms with Crippen molar-refractivity contribution >= 4 is 15.9 Å². The van der Waals surface area contributed by atoms with Gasteiger partial charge in [0.25, 0.3) is 10.0 Å². The molecule has 0 spiro atoms. The van der Waals surface area contributed by atoms with E-state index in [1.807, 2.05) is 0 Å². The number of rotatable bonds is 0. The molecule has 0 unspecified atom stereocenters. The third-order valence-electron chi connectivity index (χ3n) is 0.968. The van der Waals surface area contributed by atoms with Crippen LogP contribution in [0, 0.1) is 0 Å². The van der Waals surface area contributed by atoms with E-state index in [2.05, 4.69) is 9.71 Å². The molecule has 1 aliphatic rings. The van der Waals surface area contributed by atoms with E-state index in [1.54, 1.807) is 13.8 Å². The van der Waals surface area contributed by atoms with Crippen molar-refractivity contribution in [3.05, 3.63) is 11.1 Å². The minimum Gasteiger partial charge on any atom is -0.346 e. The molecule has 0 saturated carbocycles. The molecule has 4 nitrogen and oxygen atoms in total. The van der Waals surface area contributed by atoms with Crippen molar-refractivity contribution in [3.63, 3.8) is 0 Å². The van der Waals surface area contributed by atoms with Crippen molar-refractivity contribution in [1.82, 2.24) is 5.32 Å². The molecular formula is C5H8N2O2S. The highest BCUT2D eigenvalue weighted by molar-refractivity contribution is 7.93. The van der Waals surface area contributed by atoms with E-state index in [0.717, 1.165) is 5.41 Å². The van der Waals surface area contributed by atoms with Crippen LogP contribution in [0.4, 0.5) is 0 Å². The molecule has 10 heavy (non-hydrogen) atoms. The SMILES string of the molecule is CC1=CS(=O)(=O)N=C(C)N1. The summed E-state index contributed by atoms with van der Waals surface area (Å²) in [7, 11) is -3.32. The number of amidine groups is 1. The molecule has 0 aromatic rings. The fourth-order valence-corrected chi connectivity index (χ4v) is 1.76. The molecule has 0 fully saturated rings. The largest absolute Gasteiger partial charge is 0.346 e. The van der Waals surface area contributed by atoms with Crippen LogP contribution in [0.25, 0.3) is 0 Å². The molecule has 5 heteroatoms. The lowest BCUT2D eigenvalue weighted by Crippen LogP contribution is -2.23. The first-order valence-corrected chi connectivity index (χ1v) is 4.27. The second-order valence-electron chi connectivity index (χ2n) is 2.12. The topological polar surface area (TPSA) is 58.5 Å². The zero-order chi connectivity index (χ0) is 7.78. The Bertz CT molecular complexity index is 276.